The van der Waals surface area contributed by atoms with Gasteiger partial charge in [0.1, 0.15) is 0 Å². The van der Waals surface area contributed by atoms with Crippen molar-refractivity contribution in [3.05, 3.63) is 75.2 Å². The van der Waals surface area contributed by atoms with Gasteiger partial charge >= 0.3 is 0 Å². The number of thiophene rings is 1. The van der Waals surface area contributed by atoms with E-state index in [-0.39, 0.29) is 11.8 Å². The van der Waals surface area contributed by atoms with E-state index in [0.29, 0.717) is 19.0 Å². The molecule has 1 aliphatic carbocycles. The van der Waals surface area contributed by atoms with Gasteiger partial charge in [-0.3, -0.25) is 9.48 Å². The fraction of sp³-hybridized carbons (Fsp3) is 0.304. The Morgan fingerprint density at radius 3 is 2.83 bits per heavy atom. The lowest BCUT2D eigenvalue weighted by atomic mass is 9.83. The smallest absolute Gasteiger partial charge is 0.246 e. The first-order valence-electron chi connectivity index (χ1n) is 9.87. The molecule has 1 amide bonds. The highest BCUT2D eigenvalue weighted by Crippen LogP contribution is 2.47. The Morgan fingerprint density at radius 2 is 2.07 bits per heavy atom. The van der Waals surface area contributed by atoms with Crippen LogP contribution in [-0.2, 0) is 18.4 Å². The maximum atomic E-state index is 12.4. The number of aryl methyl sites for hydroxylation is 1. The Labute approximate surface area is 179 Å². The summed E-state index contributed by atoms with van der Waals surface area (Å²) >= 11 is 7.95. The van der Waals surface area contributed by atoms with Crippen molar-refractivity contribution in [2.45, 2.75) is 31.2 Å². The molecule has 0 unspecified atom stereocenters. The van der Waals surface area contributed by atoms with Crippen molar-refractivity contribution >= 4 is 28.8 Å². The van der Waals surface area contributed by atoms with Crippen LogP contribution in [0, 0.1) is 0 Å². The van der Waals surface area contributed by atoms with Crippen LogP contribution in [0.1, 0.15) is 46.4 Å². The van der Waals surface area contributed by atoms with Gasteiger partial charge in [0.2, 0.25) is 5.91 Å². The minimum Gasteiger partial charge on any atom is -0.333 e. The van der Waals surface area contributed by atoms with Crippen molar-refractivity contribution < 1.29 is 4.79 Å². The number of halogens is 1. The second-order valence-corrected chi connectivity index (χ2v) is 9.64. The number of nitrogens with zero attached hydrogens (tertiary/aromatic N) is 3. The topological polar surface area (TPSA) is 38.1 Å². The number of carbonyl (C=O) groups is 1. The van der Waals surface area contributed by atoms with Gasteiger partial charge in [-0.15, -0.1) is 11.3 Å². The quantitative estimate of drug-likeness (QED) is 0.531. The van der Waals surface area contributed by atoms with Crippen LogP contribution in [0.15, 0.2) is 49.2 Å². The van der Waals surface area contributed by atoms with E-state index in [1.165, 1.54) is 46.9 Å². The van der Waals surface area contributed by atoms with Crippen LogP contribution in [-0.4, -0.2) is 27.1 Å². The first-order valence-corrected chi connectivity index (χ1v) is 11.1. The maximum Gasteiger partial charge on any atom is 0.246 e. The van der Waals surface area contributed by atoms with Gasteiger partial charge in [-0.25, -0.2) is 0 Å². The normalized spacial score (nSPS) is 18.6. The molecule has 4 nitrogen and oxygen atoms in total. The van der Waals surface area contributed by atoms with E-state index < -0.39 is 0 Å². The van der Waals surface area contributed by atoms with E-state index in [9.17, 15) is 4.79 Å². The highest BCUT2D eigenvalue weighted by Gasteiger charge is 2.34. The van der Waals surface area contributed by atoms with Gasteiger partial charge < -0.3 is 4.90 Å². The number of hydrogen-bond acceptors (Lipinski definition) is 3. The number of benzene rings is 1. The third-order valence-corrected chi connectivity index (χ3v) is 7.12. The molecule has 1 aliphatic heterocycles. The van der Waals surface area contributed by atoms with Crippen LogP contribution in [0.4, 0.5) is 0 Å². The number of hydrogen-bond donors (Lipinski definition) is 0. The average Bonchev–Trinajstić information content (AvgIpc) is 3.39. The number of carbonyl (C=O) groups excluding carboxylic acids is 1. The van der Waals surface area contributed by atoms with Crippen LogP contribution in [0.5, 0.6) is 0 Å². The predicted octanol–water partition coefficient (Wildman–Crippen LogP) is 5.34. The molecule has 6 heteroatoms. The van der Waals surface area contributed by atoms with Crippen molar-refractivity contribution in [1.29, 1.82) is 0 Å². The minimum atomic E-state index is -0.0392. The number of rotatable bonds is 4. The second kappa shape index (κ2) is 7.15. The summed E-state index contributed by atoms with van der Waals surface area (Å²) in [5, 5.41) is 4.76. The van der Waals surface area contributed by atoms with Gasteiger partial charge in [-0.1, -0.05) is 42.4 Å². The summed E-state index contributed by atoms with van der Waals surface area (Å²) in [6.07, 6.45) is 5.95. The molecular formula is C23H22ClN3OS. The first kappa shape index (κ1) is 18.6. The van der Waals surface area contributed by atoms with E-state index in [2.05, 4.69) is 43.1 Å². The third kappa shape index (κ3) is 3.32. The van der Waals surface area contributed by atoms with E-state index in [1.54, 1.807) is 11.3 Å². The van der Waals surface area contributed by atoms with E-state index in [4.69, 9.17) is 16.7 Å². The van der Waals surface area contributed by atoms with Crippen LogP contribution in [0.3, 0.4) is 0 Å². The summed E-state index contributed by atoms with van der Waals surface area (Å²) < 4.78 is 2.69. The molecule has 1 saturated carbocycles. The Balaban J connectivity index is 1.65. The summed E-state index contributed by atoms with van der Waals surface area (Å²) in [7, 11) is 1.99. The SMILES string of the molecule is C=CC(=O)N1Cc2sc(Cl)cc2[C@@H](c2ccccc2-c2cn(C)nc2C2CC2)C1. The summed E-state index contributed by atoms with van der Waals surface area (Å²) in [6.45, 7) is 4.90. The van der Waals surface area contributed by atoms with E-state index >= 15 is 0 Å². The molecule has 2 aliphatic rings. The largest absolute Gasteiger partial charge is 0.333 e. The molecule has 3 aromatic rings. The number of fused-ring (bicyclic) bond motifs is 1. The molecule has 2 aromatic heterocycles. The van der Waals surface area contributed by atoms with E-state index in [1.807, 2.05) is 16.6 Å². The summed E-state index contributed by atoms with van der Waals surface area (Å²) in [4.78, 5) is 15.5. The molecule has 0 N–H and O–H groups in total. The Hall–Kier alpha value is -2.37. The lowest BCUT2D eigenvalue weighted by molar-refractivity contribution is -0.127. The summed E-state index contributed by atoms with van der Waals surface area (Å²) in [5.74, 6) is 0.605. The summed E-state index contributed by atoms with van der Waals surface area (Å²) in [6, 6.07) is 10.6. The van der Waals surface area contributed by atoms with Crippen molar-refractivity contribution in [3.8, 4) is 11.1 Å². The molecule has 0 bridgehead atoms. The zero-order valence-corrected chi connectivity index (χ0v) is 17.8. The highest BCUT2D eigenvalue weighted by atomic mass is 35.5. The molecule has 3 heterocycles. The van der Waals surface area contributed by atoms with Crippen LogP contribution < -0.4 is 0 Å². The Morgan fingerprint density at radius 1 is 1.28 bits per heavy atom. The predicted molar refractivity (Wildman–Crippen MR) is 117 cm³/mol. The van der Waals surface area contributed by atoms with Gasteiger partial charge in [0.05, 0.1) is 16.6 Å². The van der Waals surface area contributed by atoms with Crippen molar-refractivity contribution in [3.63, 3.8) is 0 Å². The molecule has 29 heavy (non-hydrogen) atoms. The Bertz CT molecular complexity index is 1110. The lowest BCUT2D eigenvalue weighted by Gasteiger charge is -2.33. The van der Waals surface area contributed by atoms with Gasteiger partial charge in [0.25, 0.3) is 0 Å². The number of amides is 1. The third-order valence-electron chi connectivity index (χ3n) is 5.86. The van der Waals surface area contributed by atoms with Gasteiger partial charge in [0.15, 0.2) is 0 Å². The molecular weight excluding hydrogens is 402 g/mol. The van der Waals surface area contributed by atoms with Crippen LogP contribution in [0.25, 0.3) is 11.1 Å². The Kier molecular flexibility index (Phi) is 4.60. The van der Waals surface area contributed by atoms with Crippen LogP contribution >= 0.6 is 22.9 Å². The molecule has 148 valence electrons. The van der Waals surface area contributed by atoms with Crippen LogP contribution in [0.2, 0.25) is 4.34 Å². The van der Waals surface area contributed by atoms with E-state index in [0.717, 1.165) is 9.21 Å². The average molecular weight is 424 g/mol. The molecule has 0 radical (unpaired) electrons. The van der Waals surface area contributed by atoms with Crippen molar-refractivity contribution in [2.24, 2.45) is 7.05 Å². The zero-order valence-electron chi connectivity index (χ0n) is 16.3. The molecule has 0 saturated heterocycles. The zero-order chi connectivity index (χ0) is 20.1. The van der Waals surface area contributed by atoms with Crippen molar-refractivity contribution in [2.75, 3.05) is 6.54 Å². The van der Waals surface area contributed by atoms with Gasteiger partial charge in [-0.2, -0.15) is 5.10 Å². The minimum absolute atomic E-state index is 0.0392. The fourth-order valence-corrected chi connectivity index (χ4v) is 5.72. The number of aromatic nitrogens is 2. The fourth-order valence-electron chi connectivity index (χ4n) is 4.36. The van der Waals surface area contributed by atoms with Gasteiger partial charge in [0, 0.05) is 42.1 Å². The molecule has 1 atom stereocenters. The highest BCUT2D eigenvalue weighted by molar-refractivity contribution is 7.16. The molecule has 1 aromatic carbocycles. The second-order valence-electron chi connectivity index (χ2n) is 7.87. The molecule has 5 rings (SSSR count). The summed E-state index contributed by atoms with van der Waals surface area (Å²) in [5.41, 5.74) is 6.06. The maximum absolute atomic E-state index is 12.4. The van der Waals surface area contributed by atoms with Gasteiger partial charge in [-0.05, 0) is 41.7 Å². The van der Waals surface area contributed by atoms with Crippen molar-refractivity contribution in [1.82, 2.24) is 14.7 Å². The first-order chi connectivity index (χ1) is 14.0. The lowest BCUT2D eigenvalue weighted by Crippen LogP contribution is -2.37. The molecule has 1 fully saturated rings. The monoisotopic (exact) mass is 423 g/mol. The molecule has 0 spiro atoms. The standard InChI is InChI=1S/C23H22ClN3OS/c1-3-22(28)27-12-18(17-10-21(24)29-20(17)13-27)15-6-4-5-7-16(15)19-11-26(2)25-23(19)14-8-9-14/h3-7,10-11,14,18H,1,8-9,12-13H2,2H3/t18-/m1/s1.